The molecule has 5 rings (SSSR count). The Morgan fingerprint density at radius 1 is 0.743 bits per heavy atom. The minimum absolute atomic E-state index is 0.341. The lowest BCUT2D eigenvalue weighted by atomic mass is 10.00. The molecule has 2 heterocycles. The van der Waals surface area contributed by atoms with Crippen LogP contribution >= 0.6 is 14.4 Å². The van der Waals surface area contributed by atoms with Crippen molar-refractivity contribution in [1.29, 1.82) is 0 Å². The number of rotatable bonds is 5. The molecule has 2 aliphatic heterocycles. The van der Waals surface area contributed by atoms with Crippen LogP contribution in [0.4, 0.5) is 17.1 Å². The molecule has 2 aliphatic rings. The van der Waals surface area contributed by atoms with E-state index in [0.717, 1.165) is 38.3 Å². The summed E-state index contributed by atoms with van der Waals surface area (Å²) < 4.78 is 31.8. The minimum Gasteiger partial charge on any atom is -0.314 e. The summed E-state index contributed by atoms with van der Waals surface area (Å²) in [4.78, 5) is 2.27. The molecule has 0 saturated carbocycles. The molecule has 6 heteroatoms. The standard InChI is InChI=1S/C29H36N2O2P2/c1-8-30(9-2)35(33)26-16-14-22(20(5)6)18-24(26)31-23-17-21(19(3)4)13-15-25(23)34(7,32)27-11-10-12-28(35)29(27)31/h10-20H,8-9H2,1-7H3. The first-order valence-corrected chi connectivity index (χ1v) is 16.5. The highest BCUT2D eigenvalue weighted by Crippen LogP contribution is 2.61. The topological polar surface area (TPSA) is 40.6 Å². The molecule has 184 valence electrons. The Morgan fingerprint density at radius 3 is 1.80 bits per heavy atom. The van der Waals surface area contributed by atoms with Crippen LogP contribution in [-0.4, -0.2) is 24.4 Å². The number of para-hydroxylation sites is 1. The number of hydrogen-bond donors (Lipinski definition) is 0. The predicted octanol–water partition coefficient (Wildman–Crippen LogP) is 6.54. The summed E-state index contributed by atoms with van der Waals surface area (Å²) in [6.07, 6.45) is 0. The zero-order chi connectivity index (χ0) is 25.3. The third-order valence-corrected chi connectivity index (χ3v) is 13.7. The summed E-state index contributed by atoms with van der Waals surface area (Å²) in [6, 6.07) is 18.7. The Labute approximate surface area is 210 Å². The van der Waals surface area contributed by atoms with Crippen molar-refractivity contribution in [3.63, 3.8) is 0 Å². The fraction of sp³-hybridized carbons (Fsp3) is 0.379. The van der Waals surface area contributed by atoms with Crippen molar-refractivity contribution in [2.24, 2.45) is 0 Å². The van der Waals surface area contributed by atoms with Gasteiger partial charge in [0.15, 0.2) is 0 Å². The molecule has 35 heavy (non-hydrogen) atoms. The van der Waals surface area contributed by atoms with E-state index in [0.29, 0.717) is 24.9 Å². The highest BCUT2D eigenvalue weighted by Gasteiger charge is 2.48. The SMILES string of the molecule is CCN(CC)P1(=O)c2ccc(C(C)C)cc2N2c3cc(C(C)C)ccc3P(C)(=O)c3cccc1c32. The first kappa shape index (κ1) is 24.6. The Hall–Kier alpha value is -2.12. The Morgan fingerprint density at radius 2 is 1.26 bits per heavy atom. The fourth-order valence-corrected chi connectivity index (χ4v) is 11.2. The number of hydrogen-bond acceptors (Lipinski definition) is 3. The molecule has 0 aliphatic carbocycles. The van der Waals surface area contributed by atoms with E-state index in [1.165, 1.54) is 11.1 Å². The van der Waals surface area contributed by atoms with Crippen molar-refractivity contribution >= 4 is 52.7 Å². The summed E-state index contributed by atoms with van der Waals surface area (Å²) in [7, 11) is -6.01. The molecule has 2 atom stereocenters. The van der Waals surface area contributed by atoms with Crippen LogP contribution in [0, 0.1) is 0 Å². The molecular weight excluding hydrogens is 470 g/mol. The molecule has 0 radical (unpaired) electrons. The molecule has 2 unspecified atom stereocenters. The van der Waals surface area contributed by atoms with Crippen LogP contribution < -0.4 is 26.1 Å². The predicted molar refractivity (Wildman–Crippen MR) is 152 cm³/mol. The Kier molecular flexibility index (Phi) is 5.95. The van der Waals surface area contributed by atoms with E-state index in [9.17, 15) is 4.57 Å². The van der Waals surface area contributed by atoms with E-state index in [1.54, 1.807) is 0 Å². The molecule has 3 aromatic carbocycles. The second-order valence-corrected chi connectivity index (χ2v) is 15.9. The van der Waals surface area contributed by atoms with Crippen molar-refractivity contribution in [3.05, 3.63) is 65.7 Å². The van der Waals surface area contributed by atoms with Crippen molar-refractivity contribution in [2.75, 3.05) is 24.7 Å². The molecule has 0 N–H and O–H groups in total. The highest BCUT2D eigenvalue weighted by molar-refractivity contribution is 7.80. The lowest BCUT2D eigenvalue weighted by Crippen LogP contribution is -2.45. The van der Waals surface area contributed by atoms with Gasteiger partial charge in [-0.25, -0.2) is 4.67 Å². The van der Waals surface area contributed by atoms with Gasteiger partial charge in [-0.15, -0.1) is 0 Å². The van der Waals surface area contributed by atoms with Gasteiger partial charge in [-0.3, -0.25) is 4.57 Å². The number of benzene rings is 3. The second kappa shape index (κ2) is 8.48. The maximum Gasteiger partial charge on any atom is 0.211 e. The van der Waals surface area contributed by atoms with E-state index in [1.807, 2.05) is 24.9 Å². The van der Waals surface area contributed by atoms with Crippen LogP contribution in [0.15, 0.2) is 54.6 Å². The third kappa shape index (κ3) is 3.37. The summed E-state index contributed by atoms with van der Waals surface area (Å²) in [5.74, 6) is 0.689. The van der Waals surface area contributed by atoms with E-state index in [-0.39, 0.29) is 0 Å². The normalized spacial score (nSPS) is 22.4. The van der Waals surface area contributed by atoms with Gasteiger partial charge in [0.05, 0.1) is 27.7 Å². The summed E-state index contributed by atoms with van der Waals surface area (Å²) >= 11 is 0. The van der Waals surface area contributed by atoms with Gasteiger partial charge >= 0.3 is 0 Å². The van der Waals surface area contributed by atoms with Crippen LogP contribution in [0.3, 0.4) is 0 Å². The van der Waals surface area contributed by atoms with Gasteiger partial charge in [-0.05, 0) is 66.0 Å². The van der Waals surface area contributed by atoms with Crippen molar-refractivity contribution in [2.45, 2.75) is 53.4 Å². The molecule has 0 amide bonds. The number of nitrogens with zero attached hydrogens (tertiary/aromatic N) is 2. The van der Waals surface area contributed by atoms with Crippen molar-refractivity contribution < 1.29 is 9.13 Å². The molecule has 4 nitrogen and oxygen atoms in total. The largest absolute Gasteiger partial charge is 0.314 e. The van der Waals surface area contributed by atoms with Gasteiger partial charge in [0.1, 0.15) is 7.14 Å². The van der Waals surface area contributed by atoms with Crippen LogP contribution in [0.2, 0.25) is 0 Å². The lowest BCUT2D eigenvalue weighted by molar-refractivity contribution is 0.458. The molecular formula is C29H36N2O2P2. The number of fused-ring (bicyclic) bond motifs is 4. The summed E-state index contributed by atoms with van der Waals surface area (Å²) in [5.41, 5.74) is 5.23. The fourth-order valence-electron chi connectivity index (χ4n) is 5.67. The number of anilines is 3. The third-order valence-electron chi connectivity index (χ3n) is 7.73. The van der Waals surface area contributed by atoms with E-state index >= 15 is 4.57 Å². The molecule has 0 aromatic heterocycles. The van der Waals surface area contributed by atoms with Gasteiger partial charge < -0.3 is 9.46 Å². The van der Waals surface area contributed by atoms with Gasteiger partial charge in [-0.2, -0.15) is 0 Å². The van der Waals surface area contributed by atoms with Crippen LogP contribution in [0.1, 0.15) is 64.5 Å². The lowest BCUT2D eigenvalue weighted by Gasteiger charge is -2.46. The summed E-state index contributed by atoms with van der Waals surface area (Å²) in [6.45, 7) is 16.1. The van der Waals surface area contributed by atoms with E-state index in [4.69, 9.17) is 0 Å². The first-order chi connectivity index (χ1) is 16.6. The maximum absolute atomic E-state index is 15.3. The van der Waals surface area contributed by atoms with E-state index < -0.39 is 14.4 Å². The molecule has 0 spiro atoms. The summed E-state index contributed by atoms with van der Waals surface area (Å²) in [5, 5.41) is 3.38. The molecule has 0 fully saturated rings. The van der Waals surface area contributed by atoms with Crippen molar-refractivity contribution in [1.82, 2.24) is 4.67 Å². The average Bonchev–Trinajstić information content (AvgIpc) is 2.83. The smallest absolute Gasteiger partial charge is 0.211 e. The van der Waals surface area contributed by atoms with Gasteiger partial charge in [0, 0.05) is 23.7 Å². The quantitative estimate of drug-likeness (QED) is 0.368. The van der Waals surface area contributed by atoms with Crippen molar-refractivity contribution in [3.8, 4) is 0 Å². The Balaban J connectivity index is 1.95. The van der Waals surface area contributed by atoms with E-state index in [2.05, 4.69) is 87.5 Å². The van der Waals surface area contributed by atoms with Crippen LogP contribution in [0.5, 0.6) is 0 Å². The van der Waals surface area contributed by atoms with Gasteiger partial charge in [0.25, 0.3) is 0 Å². The minimum atomic E-state index is -3.13. The highest BCUT2D eigenvalue weighted by atomic mass is 31.2. The molecule has 3 aromatic rings. The first-order valence-electron chi connectivity index (χ1n) is 12.7. The zero-order valence-electron chi connectivity index (χ0n) is 21.9. The van der Waals surface area contributed by atoms with Gasteiger partial charge in [-0.1, -0.05) is 59.7 Å². The van der Waals surface area contributed by atoms with Crippen LogP contribution in [-0.2, 0) is 9.13 Å². The van der Waals surface area contributed by atoms with Gasteiger partial charge in [0.2, 0.25) is 7.29 Å². The monoisotopic (exact) mass is 506 g/mol. The zero-order valence-corrected chi connectivity index (χ0v) is 23.7. The average molecular weight is 507 g/mol. The second-order valence-electron chi connectivity index (χ2n) is 10.4. The van der Waals surface area contributed by atoms with Crippen LogP contribution in [0.25, 0.3) is 0 Å². The molecule has 0 bridgehead atoms. The Bertz CT molecular complexity index is 1420. The maximum atomic E-state index is 15.3. The molecule has 0 saturated heterocycles.